The topological polar surface area (TPSA) is 40.1 Å². The van der Waals surface area contributed by atoms with Crippen molar-refractivity contribution in [3.63, 3.8) is 0 Å². The zero-order chi connectivity index (χ0) is 13.5. The van der Waals surface area contributed by atoms with E-state index in [-0.39, 0.29) is 36.0 Å². The van der Waals surface area contributed by atoms with Crippen LogP contribution in [0.4, 0.5) is 0 Å². The molecule has 5 heteroatoms. The van der Waals surface area contributed by atoms with Crippen molar-refractivity contribution in [2.45, 2.75) is 71.1 Å². The maximum Gasteiger partial charge on any atom is 1.00 e. The average Bonchev–Trinajstić information content (AvgIpc) is 2.34. The van der Waals surface area contributed by atoms with Gasteiger partial charge in [0.05, 0.1) is 0 Å². The number of rotatable bonds is 14. The molecule has 0 radical (unpaired) electrons. The minimum absolute atomic E-state index is 0. The molecule has 0 atom stereocenters. The van der Waals surface area contributed by atoms with E-state index in [4.69, 9.17) is 0 Å². The molecular formula is C14H27NaO2S2. The van der Waals surface area contributed by atoms with E-state index in [1.54, 1.807) is 21.6 Å². The van der Waals surface area contributed by atoms with Crippen LogP contribution in [0, 0.1) is 0 Å². The summed E-state index contributed by atoms with van der Waals surface area (Å²) in [6, 6.07) is 0. The van der Waals surface area contributed by atoms with Gasteiger partial charge in [-0.1, -0.05) is 79.9 Å². The summed E-state index contributed by atoms with van der Waals surface area (Å²) < 4.78 is 0. The van der Waals surface area contributed by atoms with Gasteiger partial charge in [-0.15, -0.1) is 0 Å². The van der Waals surface area contributed by atoms with E-state index in [0.29, 0.717) is 5.75 Å². The SMILES string of the molecule is CCCCCCCCCCCSSCCC(=O)[O-].[Na+]. The average molecular weight is 314 g/mol. The van der Waals surface area contributed by atoms with Crippen molar-refractivity contribution in [2.75, 3.05) is 11.5 Å². The van der Waals surface area contributed by atoms with Gasteiger partial charge in [-0.25, -0.2) is 0 Å². The van der Waals surface area contributed by atoms with Gasteiger partial charge < -0.3 is 9.90 Å². The van der Waals surface area contributed by atoms with Gasteiger partial charge in [-0.05, 0) is 12.8 Å². The standard InChI is InChI=1S/C14H28O2S2.Na/c1-2-3-4-5-6-7-8-9-10-12-17-18-13-11-14(15)16;/h2-13H2,1H3,(H,15,16);/q;+1/p-1. The van der Waals surface area contributed by atoms with E-state index in [1.807, 2.05) is 0 Å². The Morgan fingerprint density at radius 3 is 1.84 bits per heavy atom. The van der Waals surface area contributed by atoms with Crippen LogP contribution in [0.3, 0.4) is 0 Å². The summed E-state index contributed by atoms with van der Waals surface area (Å²) in [5.74, 6) is 0.879. The Morgan fingerprint density at radius 1 is 0.842 bits per heavy atom. The molecule has 0 spiro atoms. The third-order valence-electron chi connectivity index (χ3n) is 2.80. The second kappa shape index (κ2) is 19.2. The molecule has 0 aromatic carbocycles. The Morgan fingerprint density at radius 2 is 1.32 bits per heavy atom. The summed E-state index contributed by atoms with van der Waals surface area (Å²) in [5.41, 5.74) is 0. The molecule has 0 aliphatic heterocycles. The Hall–Kier alpha value is 1.17. The van der Waals surface area contributed by atoms with Gasteiger partial charge >= 0.3 is 29.6 Å². The first kappa shape index (κ1) is 22.5. The monoisotopic (exact) mass is 314 g/mol. The largest absolute Gasteiger partial charge is 1.00 e. The molecule has 0 fully saturated rings. The van der Waals surface area contributed by atoms with E-state index < -0.39 is 5.97 Å². The van der Waals surface area contributed by atoms with Crippen molar-refractivity contribution in [2.24, 2.45) is 0 Å². The van der Waals surface area contributed by atoms with Crippen LogP contribution in [-0.2, 0) is 4.79 Å². The Labute approximate surface area is 148 Å². The number of carboxylic acids is 1. The predicted octanol–water partition coefficient (Wildman–Crippen LogP) is 1.04. The van der Waals surface area contributed by atoms with Gasteiger partial charge in [-0.3, -0.25) is 0 Å². The molecule has 0 aromatic heterocycles. The summed E-state index contributed by atoms with van der Waals surface area (Å²) in [7, 11) is 3.45. The molecule has 0 saturated carbocycles. The van der Waals surface area contributed by atoms with Crippen LogP contribution in [0.25, 0.3) is 0 Å². The van der Waals surface area contributed by atoms with Gasteiger partial charge in [-0.2, -0.15) is 0 Å². The first-order chi connectivity index (χ1) is 8.77. The Balaban J connectivity index is 0. The van der Waals surface area contributed by atoms with Crippen molar-refractivity contribution in [1.82, 2.24) is 0 Å². The van der Waals surface area contributed by atoms with Gasteiger partial charge in [0.15, 0.2) is 0 Å². The van der Waals surface area contributed by atoms with Crippen LogP contribution in [0.2, 0.25) is 0 Å². The summed E-state index contributed by atoms with van der Waals surface area (Å²) in [6.07, 6.45) is 12.4. The zero-order valence-electron chi connectivity index (χ0n) is 12.6. The molecule has 0 bridgehead atoms. The molecule has 0 N–H and O–H groups in total. The Bertz CT molecular complexity index is 192. The predicted molar refractivity (Wildman–Crippen MR) is 81.8 cm³/mol. The number of hydrogen-bond acceptors (Lipinski definition) is 4. The molecule has 0 rings (SSSR count). The molecule has 0 aromatic rings. The second-order valence-electron chi connectivity index (χ2n) is 4.59. The van der Waals surface area contributed by atoms with Crippen molar-refractivity contribution in [3.8, 4) is 0 Å². The smallest absolute Gasteiger partial charge is 0.550 e. The third kappa shape index (κ3) is 21.6. The van der Waals surface area contributed by atoms with Crippen LogP contribution in [0.15, 0.2) is 0 Å². The van der Waals surface area contributed by atoms with E-state index in [9.17, 15) is 9.90 Å². The molecule has 19 heavy (non-hydrogen) atoms. The first-order valence-corrected chi connectivity index (χ1v) is 9.70. The third-order valence-corrected chi connectivity index (χ3v) is 5.30. The van der Waals surface area contributed by atoms with Crippen molar-refractivity contribution in [1.29, 1.82) is 0 Å². The minimum atomic E-state index is -0.939. The number of hydrogen-bond donors (Lipinski definition) is 0. The second-order valence-corrected chi connectivity index (χ2v) is 7.30. The van der Waals surface area contributed by atoms with Crippen LogP contribution in [0.1, 0.15) is 71.1 Å². The van der Waals surface area contributed by atoms with Crippen molar-refractivity contribution >= 4 is 27.6 Å². The van der Waals surface area contributed by atoms with Crippen LogP contribution in [-0.4, -0.2) is 17.5 Å². The van der Waals surface area contributed by atoms with E-state index >= 15 is 0 Å². The van der Waals surface area contributed by atoms with Crippen LogP contribution < -0.4 is 34.7 Å². The molecule has 0 aliphatic carbocycles. The molecule has 0 amide bonds. The van der Waals surface area contributed by atoms with Gasteiger partial charge in [0.25, 0.3) is 0 Å². The summed E-state index contributed by atoms with van der Waals surface area (Å²) in [4.78, 5) is 10.2. The molecule has 0 saturated heterocycles. The zero-order valence-corrected chi connectivity index (χ0v) is 16.3. The number of aliphatic carboxylic acids is 1. The van der Waals surface area contributed by atoms with Crippen LogP contribution >= 0.6 is 21.6 Å². The van der Waals surface area contributed by atoms with Gasteiger partial charge in [0, 0.05) is 17.5 Å². The van der Waals surface area contributed by atoms with Crippen LogP contribution in [0.5, 0.6) is 0 Å². The van der Waals surface area contributed by atoms with Gasteiger partial charge in [0.1, 0.15) is 0 Å². The van der Waals surface area contributed by atoms with Crippen molar-refractivity contribution in [3.05, 3.63) is 0 Å². The normalized spacial score (nSPS) is 10.2. The number of unbranched alkanes of at least 4 members (excludes halogenated alkanes) is 8. The van der Waals surface area contributed by atoms with E-state index in [2.05, 4.69) is 6.92 Å². The Kier molecular flexibility index (Phi) is 22.7. The van der Waals surface area contributed by atoms with Gasteiger partial charge in [0.2, 0.25) is 0 Å². The molecule has 0 unspecified atom stereocenters. The minimum Gasteiger partial charge on any atom is -0.550 e. The fourth-order valence-corrected chi connectivity index (χ4v) is 3.83. The molecule has 0 heterocycles. The summed E-state index contributed by atoms with van der Waals surface area (Å²) in [5, 5.41) is 10.2. The first-order valence-electron chi connectivity index (χ1n) is 7.21. The molecule has 0 aliphatic rings. The van der Waals surface area contributed by atoms with E-state index in [1.165, 1.54) is 57.8 Å². The summed E-state index contributed by atoms with van der Waals surface area (Å²) >= 11 is 0. The fraction of sp³-hybridized carbons (Fsp3) is 0.929. The number of carbonyl (C=O) groups is 1. The maximum atomic E-state index is 10.2. The maximum absolute atomic E-state index is 10.2. The van der Waals surface area contributed by atoms with E-state index in [0.717, 1.165) is 5.75 Å². The quantitative estimate of drug-likeness (QED) is 0.273. The molecule has 108 valence electrons. The number of carboxylic acid groups (broad SMARTS) is 1. The molecular weight excluding hydrogens is 287 g/mol. The number of carbonyl (C=O) groups excluding carboxylic acids is 1. The van der Waals surface area contributed by atoms with Crippen molar-refractivity contribution < 1.29 is 39.5 Å². The summed E-state index contributed by atoms with van der Waals surface area (Å²) in [6.45, 7) is 2.25. The fourth-order valence-electron chi connectivity index (χ4n) is 1.71. The molecule has 2 nitrogen and oxygen atoms in total.